The van der Waals surface area contributed by atoms with Gasteiger partial charge in [0.1, 0.15) is 5.78 Å². The molecule has 0 amide bonds. The number of aliphatic hydroxyl groups is 1. The number of hydrogen-bond donors (Lipinski definition) is 2. The molecule has 0 bridgehead atoms. The molecule has 3 rings (SSSR count). The van der Waals surface area contributed by atoms with Crippen molar-refractivity contribution in [2.24, 2.45) is 5.92 Å². The molecule has 1 aromatic carbocycles. The Kier molecular flexibility index (Phi) is 9.30. The molecule has 1 aromatic heterocycles. The molecular formula is C23H28O4S3. The number of rotatable bonds is 12. The van der Waals surface area contributed by atoms with Crippen LogP contribution in [0.4, 0.5) is 0 Å². The van der Waals surface area contributed by atoms with Crippen LogP contribution in [0.15, 0.2) is 42.5 Å². The number of carbonyl (C=O) groups is 2. The number of fused-ring (bicyclic) bond motifs is 1. The summed E-state index contributed by atoms with van der Waals surface area (Å²) in [4.78, 5) is 24.0. The molecule has 162 valence electrons. The topological polar surface area (TPSA) is 74.6 Å². The Bertz CT molecular complexity index is 843. The van der Waals surface area contributed by atoms with Gasteiger partial charge in [-0.05, 0) is 60.6 Å². The molecule has 3 atom stereocenters. The Morgan fingerprint density at radius 2 is 2.13 bits per heavy atom. The zero-order valence-corrected chi connectivity index (χ0v) is 19.3. The van der Waals surface area contributed by atoms with Crippen LogP contribution < -0.4 is 0 Å². The van der Waals surface area contributed by atoms with Crippen LogP contribution in [0.2, 0.25) is 0 Å². The third kappa shape index (κ3) is 7.15. The smallest absolute Gasteiger partial charge is 0.313 e. The van der Waals surface area contributed by atoms with Gasteiger partial charge in [0.15, 0.2) is 0 Å². The van der Waals surface area contributed by atoms with E-state index >= 15 is 0 Å². The van der Waals surface area contributed by atoms with Crippen LogP contribution in [0.5, 0.6) is 0 Å². The SMILES string of the molecule is O=C(O)CSCCCS[C@H]1C(=O)CC[C@@H]1/C=C/[C@H](O)CCc1cc2ccccc2s1. The van der Waals surface area contributed by atoms with Crippen molar-refractivity contribution in [3.8, 4) is 0 Å². The van der Waals surface area contributed by atoms with E-state index in [4.69, 9.17) is 5.11 Å². The lowest BCUT2D eigenvalue weighted by molar-refractivity contribution is -0.133. The van der Waals surface area contributed by atoms with Gasteiger partial charge >= 0.3 is 5.97 Å². The summed E-state index contributed by atoms with van der Waals surface area (Å²) < 4.78 is 1.28. The molecule has 7 heteroatoms. The minimum Gasteiger partial charge on any atom is -0.481 e. The molecule has 1 aliphatic rings. The van der Waals surface area contributed by atoms with Crippen molar-refractivity contribution in [2.75, 3.05) is 17.3 Å². The molecule has 0 radical (unpaired) electrons. The Labute approximate surface area is 190 Å². The van der Waals surface area contributed by atoms with E-state index < -0.39 is 12.1 Å². The average molecular weight is 465 g/mol. The summed E-state index contributed by atoms with van der Waals surface area (Å²) >= 11 is 4.88. The second-order valence-electron chi connectivity index (χ2n) is 7.50. The first-order chi connectivity index (χ1) is 14.5. The minimum atomic E-state index is -0.783. The fourth-order valence-electron chi connectivity index (χ4n) is 3.60. The van der Waals surface area contributed by atoms with Crippen molar-refractivity contribution < 1.29 is 19.8 Å². The number of hydrogen-bond acceptors (Lipinski definition) is 6. The maximum Gasteiger partial charge on any atom is 0.313 e. The number of carboxylic acids is 1. The fraction of sp³-hybridized carbons (Fsp3) is 0.478. The first-order valence-corrected chi connectivity index (χ1v) is 13.3. The van der Waals surface area contributed by atoms with Crippen molar-refractivity contribution in [3.63, 3.8) is 0 Å². The van der Waals surface area contributed by atoms with E-state index in [1.165, 1.54) is 26.7 Å². The first kappa shape index (κ1) is 23.4. The second kappa shape index (κ2) is 11.9. The summed E-state index contributed by atoms with van der Waals surface area (Å²) in [6.45, 7) is 0. The zero-order valence-electron chi connectivity index (χ0n) is 16.9. The minimum absolute atomic E-state index is 0.0273. The number of carboxylic acid groups (broad SMARTS) is 1. The van der Waals surface area contributed by atoms with Crippen LogP contribution in [0, 0.1) is 5.92 Å². The molecule has 2 aromatic rings. The summed E-state index contributed by atoms with van der Waals surface area (Å²) in [5.41, 5.74) is 0. The monoisotopic (exact) mass is 464 g/mol. The molecule has 1 saturated carbocycles. The molecule has 1 fully saturated rings. The number of allylic oxidation sites excluding steroid dienone is 1. The number of thioether (sulfide) groups is 2. The molecule has 1 aliphatic carbocycles. The van der Waals surface area contributed by atoms with Gasteiger partial charge in [-0.15, -0.1) is 23.1 Å². The van der Waals surface area contributed by atoms with E-state index in [1.807, 2.05) is 24.3 Å². The number of aryl methyl sites for hydroxylation is 1. The highest BCUT2D eigenvalue weighted by atomic mass is 32.2. The number of Topliss-reactive ketones (excluding diaryl/α,β-unsaturated/α-hetero) is 1. The predicted molar refractivity (Wildman–Crippen MR) is 129 cm³/mol. The number of benzene rings is 1. The van der Waals surface area contributed by atoms with Crippen molar-refractivity contribution in [1.82, 2.24) is 0 Å². The van der Waals surface area contributed by atoms with Crippen LogP contribution in [-0.4, -0.2) is 50.6 Å². The van der Waals surface area contributed by atoms with Gasteiger partial charge < -0.3 is 10.2 Å². The highest BCUT2D eigenvalue weighted by Crippen LogP contribution is 2.34. The highest BCUT2D eigenvalue weighted by Gasteiger charge is 2.33. The molecule has 0 saturated heterocycles. The lowest BCUT2D eigenvalue weighted by Crippen LogP contribution is -2.17. The van der Waals surface area contributed by atoms with Crippen LogP contribution >= 0.6 is 34.9 Å². The summed E-state index contributed by atoms with van der Waals surface area (Å²) in [6.07, 6.45) is 7.31. The van der Waals surface area contributed by atoms with Gasteiger partial charge in [0.2, 0.25) is 0 Å². The number of aliphatic carboxylic acids is 1. The standard InChI is InChI=1S/C23H28O4S3/c24-18(9-10-19-14-17-4-1-2-5-21(17)30-19)8-6-16-7-11-20(25)23(16)29-13-3-12-28-15-22(26)27/h1-2,4-6,8,14,16,18,23-24H,3,7,9-13,15H2,(H,26,27)/b8-6+/t16-,18-,23+/m0/s1. The molecule has 0 spiro atoms. The fourth-order valence-corrected chi connectivity index (χ4v) is 6.88. The molecule has 4 nitrogen and oxygen atoms in total. The summed E-state index contributed by atoms with van der Waals surface area (Å²) in [5, 5.41) is 20.3. The Morgan fingerprint density at radius 3 is 2.93 bits per heavy atom. The van der Waals surface area contributed by atoms with Gasteiger partial charge in [0.05, 0.1) is 17.1 Å². The maximum absolute atomic E-state index is 12.2. The number of carbonyl (C=O) groups excluding carboxylic acids is 1. The van der Waals surface area contributed by atoms with Crippen molar-refractivity contribution in [1.29, 1.82) is 0 Å². The predicted octanol–water partition coefficient (Wildman–Crippen LogP) is 5.04. The van der Waals surface area contributed by atoms with E-state index in [0.717, 1.165) is 30.8 Å². The van der Waals surface area contributed by atoms with Gasteiger partial charge in [0, 0.05) is 16.0 Å². The molecule has 0 aliphatic heterocycles. The second-order valence-corrected chi connectivity index (χ2v) is 11.0. The highest BCUT2D eigenvalue weighted by molar-refractivity contribution is 8.01. The van der Waals surface area contributed by atoms with Gasteiger partial charge in [0.25, 0.3) is 0 Å². The molecule has 2 N–H and O–H groups in total. The van der Waals surface area contributed by atoms with E-state index in [2.05, 4.69) is 18.2 Å². The van der Waals surface area contributed by atoms with Crippen molar-refractivity contribution >= 4 is 56.7 Å². The van der Waals surface area contributed by atoms with Crippen LogP contribution in [0.25, 0.3) is 10.1 Å². The van der Waals surface area contributed by atoms with E-state index in [1.54, 1.807) is 23.1 Å². The Morgan fingerprint density at radius 1 is 1.30 bits per heavy atom. The molecular weight excluding hydrogens is 436 g/mol. The van der Waals surface area contributed by atoms with Crippen LogP contribution in [-0.2, 0) is 16.0 Å². The van der Waals surface area contributed by atoms with E-state index in [-0.39, 0.29) is 16.9 Å². The lowest BCUT2D eigenvalue weighted by Gasteiger charge is -2.15. The van der Waals surface area contributed by atoms with Crippen molar-refractivity contribution in [3.05, 3.63) is 47.4 Å². The Hall–Kier alpha value is -1.28. The zero-order chi connectivity index (χ0) is 21.3. The van der Waals surface area contributed by atoms with Crippen molar-refractivity contribution in [2.45, 2.75) is 43.5 Å². The molecule has 0 unspecified atom stereocenters. The Balaban J connectivity index is 1.41. The number of ketones is 1. The normalized spacial score (nSPS) is 20.4. The largest absolute Gasteiger partial charge is 0.481 e. The van der Waals surface area contributed by atoms with E-state index in [0.29, 0.717) is 18.6 Å². The van der Waals surface area contributed by atoms with Crippen LogP contribution in [0.3, 0.4) is 0 Å². The number of thiophene rings is 1. The summed E-state index contributed by atoms with van der Waals surface area (Å²) in [6, 6.07) is 10.5. The van der Waals surface area contributed by atoms with Crippen LogP contribution in [0.1, 0.15) is 30.6 Å². The number of aliphatic hydroxyl groups excluding tert-OH is 1. The quantitative estimate of drug-likeness (QED) is 0.339. The van der Waals surface area contributed by atoms with Gasteiger partial charge in [-0.25, -0.2) is 0 Å². The molecule has 30 heavy (non-hydrogen) atoms. The third-order valence-electron chi connectivity index (χ3n) is 5.13. The van der Waals surface area contributed by atoms with Gasteiger partial charge in [-0.2, -0.15) is 11.8 Å². The first-order valence-electron chi connectivity index (χ1n) is 10.3. The lowest BCUT2D eigenvalue weighted by atomic mass is 10.0. The van der Waals surface area contributed by atoms with E-state index in [9.17, 15) is 14.7 Å². The summed E-state index contributed by atoms with van der Waals surface area (Å²) in [5.74, 6) is 1.51. The molecule has 1 heterocycles. The average Bonchev–Trinajstić information content (AvgIpc) is 3.30. The summed E-state index contributed by atoms with van der Waals surface area (Å²) in [7, 11) is 0. The van der Waals surface area contributed by atoms with Gasteiger partial charge in [-0.3, -0.25) is 9.59 Å². The maximum atomic E-state index is 12.2. The van der Waals surface area contributed by atoms with Gasteiger partial charge in [-0.1, -0.05) is 30.4 Å². The third-order valence-corrected chi connectivity index (χ3v) is 8.83.